The van der Waals surface area contributed by atoms with E-state index in [4.69, 9.17) is 10.5 Å². The minimum Gasteiger partial charge on any atom is -0.493 e. The molecular formula is C20H22F2IN3O. The summed E-state index contributed by atoms with van der Waals surface area (Å²) in [5, 5.41) is 3.24. The fraction of sp³-hybridized carbons (Fsp3) is 0.350. The highest BCUT2D eigenvalue weighted by molar-refractivity contribution is 14.0. The maximum absolute atomic E-state index is 14.1. The smallest absolute Gasteiger partial charge is 0.189 e. The van der Waals surface area contributed by atoms with Gasteiger partial charge in [-0.2, -0.15) is 0 Å². The third kappa shape index (κ3) is 4.17. The predicted octanol–water partition coefficient (Wildman–Crippen LogP) is 4.04. The minimum absolute atomic E-state index is 0. The van der Waals surface area contributed by atoms with E-state index in [1.807, 2.05) is 24.3 Å². The van der Waals surface area contributed by atoms with Gasteiger partial charge in [-0.25, -0.2) is 8.78 Å². The summed E-state index contributed by atoms with van der Waals surface area (Å²) < 4.78 is 32.9. The van der Waals surface area contributed by atoms with Gasteiger partial charge in [0.1, 0.15) is 17.4 Å². The Balaban J connectivity index is 0.00000210. The molecule has 0 spiro atoms. The number of hydrogen-bond acceptors (Lipinski definition) is 2. The van der Waals surface area contributed by atoms with Crippen LogP contribution < -0.4 is 15.8 Å². The van der Waals surface area contributed by atoms with Crippen LogP contribution in [0.25, 0.3) is 0 Å². The van der Waals surface area contributed by atoms with Gasteiger partial charge >= 0.3 is 0 Å². The Kier molecular flexibility index (Phi) is 5.88. The zero-order valence-corrected chi connectivity index (χ0v) is 17.1. The molecule has 27 heavy (non-hydrogen) atoms. The molecular weight excluding hydrogens is 463 g/mol. The van der Waals surface area contributed by atoms with Crippen LogP contribution in [0.3, 0.4) is 0 Å². The molecule has 0 radical (unpaired) electrons. The van der Waals surface area contributed by atoms with E-state index in [1.165, 1.54) is 12.1 Å². The number of nitrogens with two attached hydrogens (primary N) is 1. The van der Waals surface area contributed by atoms with Gasteiger partial charge < -0.3 is 15.8 Å². The summed E-state index contributed by atoms with van der Waals surface area (Å²) in [5.41, 5.74) is 7.30. The van der Waals surface area contributed by atoms with Crippen molar-refractivity contribution in [2.24, 2.45) is 10.7 Å². The molecule has 2 aromatic rings. The van der Waals surface area contributed by atoms with Gasteiger partial charge in [0.25, 0.3) is 0 Å². The molecule has 4 nitrogen and oxygen atoms in total. The molecule has 1 heterocycles. The van der Waals surface area contributed by atoms with E-state index in [0.717, 1.165) is 36.6 Å². The lowest BCUT2D eigenvalue weighted by atomic mass is 9.95. The molecule has 4 rings (SSSR count). The van der Waals surface area contributed by atoms with Gasteiger partial charge in [0.15, 0.2) is 5.96 Å². The molecule has 1 fully saturated rings. The van der Waals surface area contributed by atoms with Crippen LogP contribution >= 0.6 is 24.0 Å². The normalized spacial score (nSPS) is 20.1. The first kappa shape index (κ1) is 19.9. The van der Waals surface area contributed by atoms with Crippen molar-refractivity contribution in [3.8, 4) is 5.75 Å². The number of benzene rings is 2. The van der Waals surface area contributed by atoms with Crippen molar-refractivity contribution in [2.75, 3.05) is 13.2 Å². The number of guanidine groups is 1. The van der Waals surface area contributed by atoms with Crippen LogP contribution in [0.4, 0.5) is 8.78 Å². The fourth-order valence-electron chi connectivity index (χ4n) is 3.54. The molecule has 1 saturated carbocycles. The van der Waals surface area contributed by atoms with Crippen LogP contribution in [0.1, 0.15) is 36.4 Å². The molecule has 2 aromatic carbocycles. The van der Waals surface area contributed by atoms with Gasteiger partial charge in [-0.3, -0.25) is 4.99 Å². The Morgan fingerprint density at radius 2 is 2.00 bits per heavy atom. The van der Waals surface area contributed by atoms with Gasteiger partial charge in [0.2, 0.25) is 0 Å². The van der Waals surface area contributed by atoms with Gasteiger partial charge in [-0.15, -0.1) is 24.0 Å². The van der Waals surface area contributed by atoms with E-state index < -0.39 is 11.6 Å². The zero-order chi connectivity index (χ0) is 18.1. The lowest BCUT2D eigenvalue weighted by Gasteiger charge is -2.27. The van der Waals surface area contributed by atoms with Crippen molar-refractivity contribution >= 4 is 29.9 Å². The van der Waals surface area contributed by atoms with Gasteiger partial charge in [0.05, 0.1) is 19.2 Å². The summed E-state index contributed by atoms with van der Waals surface area (Å²) >= 11 is 0. The predicted molar refractivity (Wildman–Crippen MR) is 112 cm³/mol. The van der Waals surface area contributed by atoms with Crippen LogP contribution in [0.5, 0.6) is 5.75 Å². The van der Waals surface area contributed by atoms with Gasteiger partial charge in [-0.05, 0) is 30.5 Å². The van der Waals surface area contributed by atoms with E-state index in [-0.39, 0.29) is 35.4 Å². The van der Waals surface area contributed by atoms with Crippen LogP contribution in [0, 0.1) is 11.6 Å². The third-order valence-corrected chi connectivity index (χ3v) is 5.19. The number of nitrogens with one attached hydrogen (secondary N) is 1. The molecule has 1 atom stereocenters. The summed E-state index contributed by atoms with van der Waals surface area (Å²) in [7, 11) is 0. The largest absolute Gasteiger partial charge is 0.493 e. The van der Waals surface area contributed by atoms with Crippen LogP contribution in [0.15, 0.2) is 47.5 Å². The molecule has 1 aliphatic heterocycles. The van der Waals surface area contributed by atoms with Crippen LogP contribution in [-0.2, 0) is 5.41 Å². The van der Waals surface area contributed by atoms with Crippen molar-refractivity contribution in [3.63, 3.8) is 0 Å². The van der Waals surface area contributed by atoms with Crippen LogP contribution in [0.2, 0.25) is 0 Å². The Labute approximate surface area is 174 Å². The number of aliphatic imine (C=N–C) groups is 1. The SMILES string of the molecule is I.NC(=NCC1(c2ccc(F)cc2F)CC1)NC1CCOc2ccccc21. The number of halogens is 3. The summed E-state index contributed by atoms with van der Waals surface area (Å²) in [4.78, 5) is 4.45. The Hall–Kier alpha value is -1.90. The minimum atomic E-state index is -0.565. The highest BCUT2D eigenvalue weighted by atomic mass is 127. The number of nitrogens with zero attached hydrogens (tertiary/aromatic N) is 1. The third-order valence-electron chi connectivity index (χ3n) is 5.19. The highest BCUT2D eigenvalue weighted by Crippen LogP contribution is 2.49. The Bertz CT molecular complexity index is 855. The molecule has 144 valence electrons. The van der Waals surface area contributed by atoms with E-state index in [1.54, 1.807) is 0 Å². The first-order valence-corrected chi connectivity index (χ1v) is 8.81. The number of hydrogen-bond donors (Lipinski definition) is 2. The Morgan fingerprint density at radius 3 is 2.74 bits per heavy atom. The summed E-state index contributed by atoms with van der Waals surface area (Å²) in [5.74, 6) is 0.115. The molecule has 0 saturated heterocycles. The average Bonchev–Trinajstić information content (AvgIpc) is 3.41. The molecule has 3 N–H and O–H groups in total. The highest BCUT2D eigenvalue weighted by Gasteiger charge is 2.46. The second-order valence-corrected chi connectivity index (χ2v) is 6.98. The summed E-state index contributed by atoms with van der Waals surface area (Å²) in [6.45, 7) is 1.01. The van der Waals surface area contributed by atoms with E-state index in [0.29, 0.717) is 24.7 Å². The second-order valence-electron chi connectivity index (χ2n) is 6.98. The lowest BCUT2D eigenvalue weighted by Crippen LogP contribution is -2.38. The second kappa shape index (κ2) is 8.00. The molecule has 2 aliphatic rings. The zero-order valence-electron chi connectivity index (χ0n) is 14.8. The lowest BCUT2D eigenvalue weighted by molar-refractivity contribution is 0.262. The first-order valence-electron chi connectivity index (χ1n) is 8.81. The molecule has 1 unspecified atom stereocenters. The van der Waals surface area contributed by atoms with Crippen LogP contribution in [-0.4, -0.2) is 19.1 Å². The van der Waals surface area contributed by atoms with E-state index in [2.05, 4.69) is 10.3 Å². The number of para-hydroxylation sites is 1. The molecule has 1 aliphatic carbocycles. The maximum Gasteiger partial charge on any atom is 0.189 e. The molecule has 0 amide bonds. The first-order chi connectivity index (χ1) is 12.6. The molecule has 7 heteroatoms. The summed E-state index contributed by atoms with van der Waals surface area (Å²) in [6, 6.07) is 11.6. The van der Waals surface area contributed by atoms with Gasteiger partial charge in [-0.1, -0.05) is 24.3 Å². The molecule has 0 bridgehead atoms. The fourth-order valence-corrected chi connectivity index (χ4v) is 3.54. The maximum atomic E-state index is 14.1. The number of rotatable bonds is 4. The topological polar surface area (TPSA) is 59.6 Å². The van der Waals surface area contributed by atoms with Crippen molar-refractivity contribution < 1.29 is 13.5 Å². The summed E-state index contributed by atoms with van der Waals surface area (Å²) in [6.07, 6.45) is 2.45. The van der Waals surface area contributed by atoms with Crippen molar-refractivity contribution in [1.29, 1.82) is 0 Å². The van der Waals surface area contributed by atoms with E-state index in [9.17, 15) is 8.78 Å². The number of ether oxygens (including phenoxy) is 1. The van der Waals surface area contributed by atoms with Gasteiger partial charge in [0, 0.05) is 23.5 Å². The monoisotopic (exact) mass is 485 g/mol. The standard InChI is InChI=1S/C20H21F2N3O.HI/c21-13-5-6-15(16(22)11-13)20(8-9-20)12-24-19(23)25-17-7-10-26-18-4-2-1-3-14(17)18;/h1-6,11,17H,7-10,12H2,(H3,23,24,25);1H. The van der Waals surface area contributed by atoms with Crippen molar-refractivity contribution in [2.45, 2.75) is 30.7 Å². The quantitative estimate of drug-likeness (QED) is 0.391. The molecule has 0 aromatic heterocycles. The number of fused-ring (bicyclic) bond motifs is 1. The van der Waals surface area contributed by atoms with E-state index >= 15 is 0 Å². The Morgan fingerprint density at radius 1 is 1.22 bits per heavy atom. The average molecular weight is 485 g/mol. The van der Waals surface area contributed by atoms with Crippen molar-refractivity contribution in [3.05, 3.63) is 65.2 Å². The van der Waals surface area contributed by atoms with Crippen molar-refractivity contribution in [1.82, 2.24) is 5.32 Å².